The van der Waals surface area contributed by atoms with Gasteiger partial charge in [0.25, 0.3) is 0 Å². The minimum absolute atomic E-state index is 0.0200. The molecule has 124 valence electrons. The summed E-state index contributed by atoms with van der Waals surface area (Å²) in [6.07, 6.45) is 2.17. The molecular formula is C20H28OP2. The summed E-state index contributed by atoms with van der Waals surface area (Å²) < 4.78 is 0. The van der Waals surface area contributed by atoms with Crippen LogP contribution in [0.5, 0.6) is 5.75 Å². The first-order chi connectivity index (χ1) is 10.9. The summed E-state index contributed by atoms with van der Waals surface area (Å²) in [6.45, 7) is 11.0. The highest BCUT2D eigenvalue weighted by molar-refractivity contribution is 7.49. The molecule has 0 aliphatic heterocycles. The van der Waals surface area contributed by atoms with Crippen LogP contribution in [0.3, 0.4) is 0 Å². The van der Waals surface area contributed by atoms with E-state index in [4.69, 9.17) is 0 Å². The van der Waals surface area contributed by atoms with E-state index < -0.39 is 0 Å². The van der Waals surface area contributed by atoms with Crippen molar-refractivity contribution in [2.24, 2.45) is 0 Å². The molecule has 2 rings (SSSR count). The molecular weight excluding hydrogens is 318 g/mol. The van der Waals surface area contributed by atoms with E-state index in [0.29, 0.717) is 14.3 Å². The van der Waals surface area contributed by atoms with Gasteiger partial charge in [-0.25, -0.2) is 0 Å². The van der Waals surface area contributed by atoms with Gasteiger partial charge < -0.3 is 5.11 Å². The van der Waals surface area contributed by atoms with Crippen LogP contribution in [0.15, 0.2) is 36.4 Å². The van der Waals surface area contributed by atoms with Gasteiger partial charge in [-0.2, -0.15) is 0 Å². The smallest absolute Gasteiger partial charge is 0.122 e. The first-order valence-corrected chi connectivity index (χ1v) is 10.9. The van der Waals surface area contributed by atoms with Crippen LogP contribution in [-0.2, 0) is 11.3 Å². The summed E-state index contributed by atoms with van der Waals surface area (Å²) >= 11 is 0. The van der Waals surface area contributed by atoms with Crippen molar-refractivity contribution in [2.75, 3.05) is 6.66 Å². The van der Waals surface area contributed by atoms with Gasteiger partial charge in [-0.15, -0.1) is 8.58 Å². The summed E-state index contributed by atoms with van der Waals surface area (Å²) in [5.41, 5.74) is 4.92. The number of rotatable bonds is 6. The van der Waals surface area contributed by atoms with E-state index in [1.807, 2.05) is 13.0 Å². The molecule has 0 radical (unpaired) electrons. The summed E-state index contributed by atoms with van der Waals surface area (Å²) in [7, 11) is 1.60. The SMILES string of the molecule is CCC(C)(Pc1c(C)cccc1CPC)c1cccc(C)c1O. The maximum absolute atomic E-state index is 10.6. The quantitative estimate of drug-likeness (QED) is 0.690. The molecule has 1 N–H and O–H groups in total. The van der Waals surface area contributed by atoms with Crippen LogP contribution in [0, 0.1) is 13.8 Å². The predicted molar refractivity (Wildman–Crippen MR) is 108 cm³/mol. The zero-order chi connectivity index (χ0) is 17.0. The Morgan fingerprint density at radius 2 is 1.70 bits per heavy atom. The van der Waals surface area contributed by atoms with Crippen molar-refractivity contribution in [3.8, 4) is 5.75 Å². The number of benzene rings is 2. The van der Waals surface area contributed by atoms with Crippen LogP contribution in [0.4, 0.5) is 0 Å². The van der Waals surface area contributed by atoms with Crippen LogP contribution in [0.2, 0.25) is 0 Å². The molecule has 3 atom stereocenters. The Kier molecular flexibility index (Phi) is 6.24. The van der Waals surface area contributed by atoms with Crippen molar-refractivity contribution in [1.82, 2.24) is 0 Å². The Morgan fingerprint density at radius 3 is 2.35 bits per heavy atom. The van der Waals surface area contributed by atoms with Gasteiger partial charge in [0.05, 0.1) is 0 Å². The van der Waals surface area contributed by atoms with Gasteiger partial charge in [0.15, 0.2) is 0 Å². The van der Waals surface area contributed by atoms with E-state index in [9.17, 15) is 5.11 Å². The monoisotopic (exact) mass is 346 g/mol. The Bertz CT molecular complexity index is 681. The second kappa shape index (κ2) is 7.78. The molecule has 0 heterocycles. The lowest BCUT2D eigenvalue weighted by atomic mass is 9.94. The molecule has 0 aliphatic carbocycles. The molecule has 0 bridgehead atoms. The maximum Gasteiger partial charge on any atom is 0.122 e. The molecule has 0 aromatic heterocycles. The molecule has 0 aliphatic rings. The van der Waals surface area contributed by atoms with Gasteiger partial charge in [0.2, 0.25) is 0 Å². The van der Waals surface area contributed by atoms with Crippen molar-refractivity contribution in [2.45, 2.75) is 45.4 Å². The molecule has 0 spiro atoms. The van der Waals surface area contributed by atoms with E-state index in [-0.39, 0.29) is 5.16 Å². The number of phenolic OH excluding ortho intramolecular Hbond substituents is 1. The van der Waals surface area contributed by atoms with Crippen LogP contribution >= 0.6 is 17.2 Å². The van der Waals surface area contributed by atoms with Crippen molar-refractivity contribution in [3.63, 3.8) is 0 Å². The Morgan fingerprint density at radius 1 is 1.04 bits per heavy atom. The van der Waals surface area contributed by atoms with Crippen molar-refractivity contribution >= 4 is 22.5 Å². The second-order valence-electron chi connectivity index (χ2n) is 6.42. The highest BCUT2D eigenvalue weighted by atomic mass is 31.1. The average Bonchev–Trinajstić information content (AvgIpc) is 2.53. The summed E-state index contributed by atoms with van der Waals surface area (Å²) in [5.74, 6) is 0.469. The van der Waals surface area contributed by atoms with Gasteiger partial charge in [-0.3, -0.25) is 0 Å². The van der Waals surface area contributed by atoms with Crippen molar-refractivity contribution in [3.05, 3.63) is 58.7 Å². The van der Waals surface area contributed by atoms with E-state index in [0.717, 1.165) is 32.3 Å². The van der Waals surface area contributed by atoms with Gasteiger partial charge in [0.1, 0.15) is 5.75 Å². The zero-order valence-corrected chi connectivity index (χ0v) is 16.8. The number of aryl methyl sites for hydroxylation is 2. The predicted octanol–water partition coefficient (Wildman–Crippen LogP) is 5.45. The standard InChI is InChI=1S/C20H28OP2/c1-6-20(4,17-12-8-9-14(2)18(17)21)23-19-15(3)10-7-11-16(19)13-22-5/h7-12,21-23H,6,13H2,1-5H3. The van der Waals surface area contributed by atoms with Crippen molar-refractivity contribution < 1.29 is 5.11 Å². The summed E-state index contributed by atoms with van der Waals surface area (Å²) in [6, 6.07) is 12.8. The van der Waals surface area contributed by atoms with Gasteiger partial charge in [-0.1, -0.05) is 58.8 Å². The third-order valence-electron chi connectivity index (χ3n) is 4.67. The van der Waals surface area contributed by atoms with Gasteiger partial charge >= 0.3 is 0 Å². The number of para-hydroxylation sites is 1. The molecule has 23 heavy (non-hydrogen) atoms. The van der Waals surface area contributed by atoms with E-state index in [2.05, 4.69) is 57.8 Å². The third-order valence-corrected chi connectivity index (χ3v) is 7.54. The number of hydrogen-bond acceptors (Lipinski definition) is 1. The molecule has 0 saturated heterocycles. The molecule has 0 saturated carbocycles. The highest BCUT2D eigenvalue weighted by Gasteiger charge is 2.29. The first kappa shape index (κ1) is 18.4. The third kappa shape index (κ3) is 3.96. The fourth-order valence-electron chi connectivity index (χ4n) is 2.97. The Hall–Kier alpha value is -0.900. The molecule has 1 nitrogen and oxygen atoms in total. The minimum atomic E-state index is -0.0200. The number of hydrogen-bond donors (Lipinski definition) is 1. The van der Waals surface area contributed by atoms with E-state index in [1.54, 1.807) is 0 Å². The van der Waals surface area contributed by atoms with Crippen LogP contribution < -0.4 is 5.30 Å². The van der Waals surface area contributed by atoms with Gasteiger partial charge in [0, 0.05) is 10.7 Å². The van der Waals surface area contributed by atoms with Gasteiger partial charge in [-0.05, 0) is 55.1 Å². The first-order valence-electron chi connectivity index (χ1n) is 8.23. The maximum atomic E-state index is 10.6. The molecule has 0 amide bonds. The fourth-order valence-corrected chi connectivity index (χ4v) is 5.50. The second-order valence-corrected chi connectivity index (χ2v) is 9.34. The van der Waals surface area contributed by atoms with Crippen LogP contribution in [-0.4, -0.2) is 11.8 Å². The molecule has 0 fully saturated rings. The molecule has 3 heteroatoms. The van der Waals surface area contributed by atoms with Crippen LogP contribution in [0.1, 0.15) is 42.5 Å². The highest BCUT2D eigenvalue weighted by Crippen LogP contribution is 2.48. The lowest BCUT2D eigenvalue weighted by molar-refractivity contribution is 0.452. The number of phenols is 1. The topological polar surface area (TPSA) is 20.2 Å². The van der Waals surface area contributed by atoms with E-state index in [1.165, 1.54) is 16.4 Å². The fraction of sp³-hybridized carbons (Fsp3) is 0.400. The normalized spacial score (nSPS) is 14.8. The van der Waals surface area contributed by atoms with E-state index >= 15 is 0 Å². The minimum Gasteiger partial charge on any atom is -0.507 e. The largest absolute Gasteiger partial charge is 0.507 e. The number of aromatic hydroxyl groups is 1. The van der Waals surface area contributed by atoms with Crippen molar-refractivity contribution in [1.29, 1.82) is 0 Å². The lowest BCUT2D eigenvalue weighted by Crippen LogP contribution is -2.21. The Balaban J connectivity index is 2.49. The summed E-state index contributed by atoms with van der Waals surface area (Å²) in [4.78, 5) is 0. The average molecular weight is 346 g/mol. The Labute approximate surface area is 144 Å². The molecule has 2 aromatic carbocycles. The summed E-state index contributed by atoms with van der Waals surface area (Å²) in [5, 5.41) is 12.1. The van der Waals surface area contributed by atoms with Crippen LogP contribution in [0.25, 0.3) is 0 Å². The zero-order valence-electron chi connectivity index (χ0n) is 14.8. The lowest BCUT2D eigenvalue weighted by Gasteiger charge is -2.32. The molecule has 3 unspecified atom stereocenters. The molecule has 2 aromatic rings.